The number of ether oxygens (including phenoxy) is 1. The van der Waals surface area contributed by atoms with Crippen LogP contribution in [0.3, 0.4) is 0 Å². The number of rotatable bonds is 0. The normalized spacial score (nSPS) is 17.8. The minimum absolute atomic E-state index is 0.574. The van der Waals surface area contributed by atoms with Gasteiger partial charge in [-0.25, -0.2) is 4.57 Å². The van der Waals surface area contributed by atoms with Crippen LogP contribution in [0.4, 0.5) is 0 Å². The van der Waals surface area contributed by atoms with Gasteiger partial charge < -0.3 is 9.30 Å². The number of para-hydroxylation sites is 3. The highest BCUT2D eigenvalue weighted by molar-refractivity contribution is 6.24. The molecular weight excluding hydrogens is 490 g/mol. The van der Waals surface area contributed by atoms with E-state index in [-0.39, 0.29) is 0 Å². The summed E-state index contributed by atoms with van der Waals surface area (Å²) in [6, 6.07) is 38.0. The lowest BCUT2D eigenvalue weighted by atomic mass is 9.70. The van der Waals surface area contributed by atoms with Crippen molar-refractivity contribution in [2.75, 3.05) is 0 Å². The zero-order valence-corrected chi connectivity index (χ0v) is 21.1. The van der Waals surface area contributed by atoms with Gasteiger partial charge in [-0.3, -0.25) is 0 Å². The molecule has 0 N–H and O–H groups in total. The fourth-order valence-corrected chi connectivity index (χ4v) is 8.79. The van der Waals surface area contributed by atoms with Gasteiger partial charge >= 0.3 is 0 Å². The van der Waals surface area contributed by atoms with E-state index < -0.39 is 5.54 Å². The number of benzene rings is 5. The highest BCUT2D eigenvalue weighted by Gasteiger charge is 2.59. The van der Waals surface area contributed by atoms with E-state index in [1.54, 1.807) is 0 Å². The van der Waals surface area contributed by atoms with E-state index >= 15 is 0 Å². The molecule has 4 nitrogen and oxygen atoms in total. The van der Waals surface area contributed by atoms with Crippen LogP contribution < -0.4 is 9.30 Å². The van der Waals surface area contributed by atoms with Gasteiger partial charge in [0.1, 0.15) is 22.6 Å². The van der Waals surface area contributed by atoms with Crippen LogP contribution in [0.1, 0.15) is 16.7 Å². The van der Waals surface area contributed by atoms with Crippen molar-refractivity contribution >= 4 is 60.0 Å². The molecular formula is C36H18N3O+. The summed E-state index contributed by atoms with van der Waals surface area (Å²) < 4.78 is 14.5. The second-order valence-corrected chi connectivity index (χ2v) is 11.5. The highest BCUT2D eigenvalue weighted by Crippen LogP contribution is 2.61. The fourth-order valence-electron chi connectivity index (χ4n) is 8.79. The summed E-state index contributed by atoms with van der Waals surface area (Å²) in [6.07, 6.45) is 2.30. The smallest absolute Gasteiger partial charge is 0.296 e. The van der Waals surface area contributed by atoms with Crippen molar-refractivity contribution in [1.82, 2.24) is 8.97 Å². The van der Waals surface area contributed by atoms with Gasteiger partial charge in [-0.1, -0.05) is 42.5 Å². The fraction of sp³-hybridized carbons (Fsp3) is 0.0278. The van der Waals surface area contributed by atoms with Crippen molar-refractivity contribution in [2.45, 2.75) is 5.54 Å². The standard InChI is InChI=1S/C36H18N3O/c1-3-12-26-19(7-1)22-14-16-28-30-33(22)38(26)27-13-4-2-11-25(27)36(30)31-29(40-28)17-15-23-20-8-5-9-21-24-10-6-18-37(36)35(24)39(32(20)21)34(23)31/h1-18H/q+1. The molecule has 0 saturated carbocycles. The Bertz CT molecular complexity index is 2690. The van der Waals surface area contributed by atoms with Crippen LogP contribution in [0.15, 0.2) is 109 Å². The summed E-state index contributed by atoms with van der Waals surface area (Å²) in [5, 5.41) is 7.73. The van der Waals surface area contributed by atoms with Crippen LogP contribution in [0.25, 0.3) is 65.7 Å². The summed E-state index contributed by atoms with van der Waals surface area (Å²) >= 11 is 0. The topological polar surface area (TPSA) is 22.4 Å². The first-order valence-electron chi connectivity index (χ1n) is 13.9. The summed E-state index contributed by atoms with van der Waals surface area (Å²) in [7, 11) is 0. The van der Waals surface area contributed by atoms with Crippen LogP contribution in [-0.2, 0) is 5.54 Å². The lowest BCUT2D eigenvalue weighted by Gasteiger charge is -2.43. The van der Waals surface area contributed by atoms with Crippen LogP contribution in [0.5, 0.6) is 11.5 Å². The maximum atomic E-state index is 6.90. The molecule has 4 heteroatoms. The Balaban J connectivity index is 1.48. The van der Waals surface area contributed by atoms with Crippen LogP contribution in [0, 0.1) is 0 Å². The van der Waals surface area contributed by atoms with E-state index in [2.05, 4.69) is 123 Å². The third-order valence-electron chi connectivity index (χ3n) is 10.0. The van der Waals surface area contributed by atoms with Gasteiger partial charge in [0.05, 0.1) is 33.9 Å². The van der Waals surface area contributed by atoms with Gasteiger partial charge in [0.2, 0.25) is 5.54 Å². The molecule has 1 atom stereocenters. The van der Waals surface area contributed by atoms with Crippen LogP contribution in [0.2, 0.25) is 0 Å². The molecule has 1 unspecified atom stereocenters. The van der Waals surface area contributed by atoms with Crippen molar-refractivity contribution in [1.29, 1.82) is 0 Å². The van der Waals surface area contributed by atoms with Crippen molar-refractivity contribution in [3.63, 3.8) is 0 Å². The molecule has 0 bridgehead atoms. The van der Waals surface area contributed by atoms with E-state index in [4.69, 9.17) is 4.74 Å². The minimum Gasteiger partial charge on any atom is -0.456 e. The van der Waals surface area contributed by atoms with Crippen molar-refractivity contribution in [3.05, 3.63) is 126 Å². The maximum Gasteiger partial charge on any atom is 0.296 e. The van der Waals surface area contributed by atoms with Gasteiger partial charge in [-0.15, -0.1) is 0 Å². The molecule has 40 heavy (non-hydrogen) atoms. The first-order valence-corrected chi connectivity index (χ1v) is 13.9. The Morgan fingerprint density at radius 3 is 2.12 bits per heavy atom. The molecule has 0 aliphatic carbocycles. The molecule has 3 aliphatic rings. The van der Waals surface area contributed by atoms with Crippen molar-refractivity contribution in [3.8, 4) is 17.2 Å². The molecule has 182 valence electrons. The van der Waals surface area contributed by atoms with E-state index in [1.807, 2.05) is 0 Å². The zero-order valence-electron chi connectivity index (χ0n) is 21.1. The predicted molar refractivity (Wildman–Crippen MR) is 157 cm³/mol. The molecule has 0 saturated heterocycles. The number of hydrogen-bond acceptors (Lipinski definition) is 1. The molecule has 4 aromatic heterocycles. The molecule has 1 spiro atoms. The molecule has 5 aromatic carbocycles. The summed E-state index contributed by atoms with van der Waals surface area (Å²) in [6.45, 7) is 0. The van der Waals surface area contributed by atoms with Gasteiger partial charge in [-0.2, -0.15) is 4.40 Å². The molecule has 0 radical (unpaired) electrons. The lowest BCUT2D eigenvalue weighted by Crippen LogP contribution is -2.62. The molecule has 3 aliphatic heterocycles. The SMILES string of the molecule is c1ccc2c(c1)-n1c3ccccc3c3ccc4c(c31)C21c2c(ccc3c5cccc6c7ccc[n+]1c7n(c23)c56)O4. The van der Waals surface area contributed by atoms with Crippen LogP contribution >= 0.6 is 0 Å². The second kappa shape index (κ2) is 5.65. The number of pyridine rings is 1. The Kier molecular flexibility index (Phi) is 2.66. The lowest BCUT2D eigenvalue weighted by molar-refractivity contribution is -0.713. The molecule has 12 rings (SSSR count). The molecule has 9 aromatic rings. The van der Waals surface area contributed by atoms with Gasteiger partial charge in [0, 0.05) is 32.5 Å². The Morgan fingerprint density at radius 1 is 0.550 bits per heavy atom. The summed E-state index contributed by atoms with van der Waals surface area (Å²) in [5.74, 6) is 1.87. The second-order valence-electron chi connectivity index (χ2n) is 11.5. The van der Waals surface area contributed by atoms with Crippen molar-refractivity contribution < 1.29 is 9.30 Å². The third-order valence-corrected chi connectivity index (χ3v) is 10.0. The van der Waals surface area contributed by atoms with Crippen LogP contribution in [-0.4, -0.2) is 8.97 Å². The Morgan fingerprint density at radius 2 is 1.23 bits per heavy atom. The summed E-state index contributed by atoms with van der Waals surface area (Å²) in [4.78, 5) is 0. The van der Waals surface area contributed by atoms with Gasteiger partial charge in [0.25, 0.3) is 5.65 Å². The number of nitrogens with zero attached hydrogens (tertiary/aromatic N) is 3. The van der Waals surface area contributed by atoms with E-state index in [1.165, 1.54) is 82.4 Å². The van der Waals surface area contributed by atoms with E-state index in [9.17, 15) is 0 Å². The molecule has 7 heterocycles. The maximum absolute atomic E-state index is 6.90. The highest BCUT2D eigenvalue weighted by atomic mass is 16.5. The monoisotopic (exact) mass is 508 g/mol. The first kappa shape index (κ1) is 18.8. The average Bonchev–Trinajstić information content (AvgIpc) is 3.65. The number of aromatic nitrogens is 3. The number of fused-ring (bicyclic) bond motifs is 7. The Hall–Kier alpha value is -5.35. The summed E-state index contributed by atoms with van der Waals surface area (Å²) in [5.41, 5.74) is 10.7. The molecule has 0 fully saturated rings. The van der Waals surface area contributed by atoms with Crippen molar-refractivity contribution in [2.24, 2.45) is 0 Å². The first-order chi connectivity index (χ1) is 19.9. The zero-order chi connectivity index (χ0) is 25.5. The average molecular weight is 509 g/mol. The minimum atomic E-state index is -0.574. The van der Waals surface area contributed by atoms with E-state index in [0.29, 0.717) is 0 Å². The Labute approximate surface area is 226 Å². The van der Waals surface area contributed by atoms with Gasteiger partial charge in [0.15, 0.2) is 5.52 Å². The largest absolute Gasteiger partial charge is 0.456 e. The quantitative estimate of drug-likeness (QED) is 0.192. The van der Waals surface area contributed by atoms with Gasteiger partial charge in [-0.05, 0) is 60.7 Å². The molecule has 0 amide bonds. The predicted octanol–water partition coefficient (Wildman–Crippen LogP) is 7.79. The third kappa shape index (κ3) is 1.61. The van der Waals surface area contributed by atoms with E-state index in [0.717, 1.165) is 11.5 Å². The number of hydrogen-bond donors (Lipinski definition) is 0.